The molecule has 1 N–H and O–H groups in total. The molecular weight excluding hydrogens is 241 g/mol. The number of nitrogens with one attached hydrogen (secondary N) is 1. The lowest BCUT2D eigenvalue weighted by molar-refractivity contribution is 0.515. The normalized spacial score (nSPS) is 12.6. The fourth-order valence-corrected chi connectivity index (χ4v) is 2.31. The predicted octanol–water partition coefficient (Wildman–Crippen LogP) is 3.05. The molecule has 0 fully saturated rings. The number of aromatic nitrogens is 2. The van der Waals surface area contributed by atoms with Crippen molar-refractivity contribution in [1.82, 2.24) is 15.1 Å². The molecule has 2 aromatic rings. The Kier molecular flexibility index (Phi) is 4.32. The van der Waals surface area contributed by atoms with Crippen LogP contribution < -0.4 is 5.32 Å². The van der Waals surface area contributed by atoms with Crippen molar-refractivity contribution in [2.45, 2.75) is 33.4 Å². The molecule has 0 saturated heterocycles. The van der Waals surface area contributed by atoms with Gasteiger partial charge >= 0.3 is 0 Å². The van der Waals surface area contributed by atoms with Crippen molar-refractivity contribution in [2.75, 3.05) is 6.54 Å². The first-order chi connectivity index (χ1) is 9.17. The van der Waals surface area contributed by atoms with E-state index in [4.69, 9.17) is 0 Å². The third-order valence-electron chi connectivity index (χ3n) is 3.22. The van der Waals surface area contributed by atoms with E-state index in [1.54, 1.807) is 12.3 Å². The average molecular weight is 261 g/mol. The molecular formula is C15H20FN3. The molecule has 19 heavy (non-hydrogen) atoms. The second-order valence-corrected chi connectivity index (χ2v) is 4.59. The number of hydrogen-bond donors (Lipinski definition) is 1. The minimum Gasteiger partial charge on any atom is -0.305 e. The van der Waals surface area contributed by atoms with Gasteiger partial charge in [-0.1, -0.05) is 24.6 Å². The van der Waals surface area contributed by atoms with Gasteiger partial charge < -0.3 is 5.32 Å². The number of aryl methyl sites for hydroxylation is 2. The molecule has 0 spiro atoms. The maximum atomic E-state index is 14.1. The quantitative estimate of drug-likeness (QED) is 0.896. The SMILES string of the molecule is CCNC(c1cc(C)ccc1F)c1ccnn1CC. The first kappa shape index (κ1) is 13.7. The molecule has 0 aliphatic rings. The number of hydrogen-bond acceptors (Lipinski definition) is 2. The van der Waals surface area contributed by atoms with E-state index in [0.717, 1.165) is 24.3 Å². The maximum absolute atomic E-state index is 14.1. The van der Waals surface area contributed by atoms with Crippen molar-refractivity contribution in [1.29, 1.82) is 0 Å². The summed E-state index contributed by atoms with van der Waals surface area (Å²) in [5.74, 6) is -0.180. The second-order valence-electron chi connectivity index (χ2n) is 4.59. The molecule has 1 aromatic heterocycles. The van der Waals surface area contributed by atoms with Gasteiger partial charge in [-0.05, 0) is 32.5 Å². The monoisotopic (exact) mass is 261 g/mol. The van der Waals surface area contributed by atoms with E-state index in [1.165, 1.54) is 6.07 Å². The van der Waals surface area contributed by atoms with Crippen LogP contribution in [0.3, 0.4) is 0 Å². The second kappa shape index (κ2) is 5.97. The number of halogens is 1. The molecule has 1 heterocycles. The Balaban J connectivity index is 2.48. The summed E-state index contributed by atoms with van der Waals surface area (Å²) in [6, 6.07) is 7.00. The van der Waals surface area contributed by atoms with Gasteiger partial charge in [0.05, 0.1) is 11.7 Å². The predicted molar refractivity (Wildman–Crippen MR) is 74.6 cm³/mol. The fourth-order valence-electron chi connectivity index (χ4n) is 2.31. The molecule has 3 nitrogen and oxygen atoms in total. The molecule has 0 bridgehead atoms. The molecule has 0 radical (unpaired) electrons. The van der Waals surface area contributed by atoms with Gasteiger partial charge in [0.2, 0.25) is 0 Å². The Morgan fingerprint density at radius 1 is 1.32 bits per heavy atom. The third-order valence-corrected chi connectivity index (χ3v) is 3.22. The van der Waals surface area contributed by atoms with Crippen LogP contribution in [0.1, 0.15) is 36.7 Å². The van der Waals surface area contributed by atoms with Crippen LogP contribution in [0.25, 0.3) is 0 Å². The van der Waals surface area contributed by atoms with Crippen molar-refractivity contribution >= 4 is 0 Å². The Hall–Kier alpha value is -1.68. The highest BCUT2D eigenvalue weighted by molar-refractivity contribution is 5.32. The summed E-state index contributed by atoms with van der Waals surface area (Å²) in [7, 11) is 0. The summed E-state index contributed by atoms with van der Waals surface area (Å²) >= 11 is 0. The number of rotatable bonds is 5. The highest BCUT2D eigenvalue weighted by Gasteiger charge is 2.20. The Labute approximate surface area is 113 Å². The van der Waals surface area contributed by atoms with E-state index in [1.807, 2.05) is 37.6 Å². The van der Waals surface area contributed by atoms with Crippen molar-refractivity contribution in [2.24, 2.45) is 0 Å². The largest absolute Gasteiger partial charge is 0.305 e. The topological polar surface area (TPSA) is 29.9 Å². The third kappa shape index (κ3) is 2.84. The number of benzene rings is 1. The van der Waals surface area contributed by atoms with E-state index < -0.39 is 0 Å². The molecule has 0 saturated carbocycles. The minimum absolute atomic E-state index is 0.160. The smallest absolute Gasteiger partial charge is 0.128 e. The molecule has 1 atom stereocenters. The highest BCUT2D eigenvalue weighted by atomic mass is 19.1. The first-order valence-electron chi connectivity index (χ1n) is 6.68. The van der Waals surface area contributed by atoms with E-state index in [0.29, 0.717) is 5.56 Å². The summed E-state index contributed by atoms with van der Waals surface area (Å²) in [6.07, 6.45) is 1.76. The Bertz CT molecular complexity index is 548. The summed E-state index contributed by atoms with van der Waals surface area (Å²) in [5, 5.41) is 7.61. The van der Waals surface area contributed by atoms with Gasteiger partial charge in [0.25, 0.3) is 0 Å². The van der Waals surface area contributed by atoms with E-state index >= 15 is 0 Å². The molecule has 0 aliphatic carbocycles. The van der Waals surface area contributed by atoms with Gasteiger partial charge in [-0.2, -0.15) is 5.10 Å². The molecule has 4 heteroatoms. The minimum atomic E-state index is -0.180. The van der Waals surface area contributed by atoms with Gasteiger partial charge in [0.1, 0.15) is 5.82 Å². The van der Waals surface area contributed by atoms with E-state index in [2.05, 4.69) is 10.4 Å². The maximum Gasteiger partial charge on any atom is 0.128 e. The first-order valence-corrected chi connectivity index (χ1v) is 6.68. The zero-order valence-corrected chi connectivity index (χ0v) is 11.7. The molecule has 1 aromatic carbocycles. The van der Waals surface area contributed by atoms with Crippen molar-refractivity contribution in [3.05, 3.63) is 53.1 Å². The number of nitrogens with zero attached hydrogens (tertiary/aromatic N) is 2. The van der Waals surface area contributed by atoms with Crippen molar-refractivity contribution < 1.29 is 4.39 Å². The van der Waals surface area contributed by atoms with Crippen LogP contribution in [0.4, 0.5) is 4.39 Å². The molecule has 1 unspecified atom stereocenters. The van der Waals surface area contributed by atoms with Gasteiger partial charge in [-0.25, -0.2) is 4.39 Å². The lowest BCUT2D eigenvalue weighted by atomic mass is 10.0. The van der Waals surface area contributed by atoms with Crippen molar-refractivity contribution in [3.63, 3.8) is 0 Å². The van der Waals surface area contributed by atoms with Gasteiger partial charge in [-0.3, -0.25) is 4.68 Å². The summed E-state index contributed by atoms with van der Waals surface area (Å²) < 4.78 is 16.0. The standard InChI is InChI=1S/C15H20FN3/c1-4-17-15(14-8-9-18-19(14)5-2)12-10-11(3)6-7-13(12)16/h6-10,15,17H,4-5H2,1-3H3. The van der Waals surface area contributed by atoms with Gasteiger partial charge in [-0.15, -0.1) is 0 Å². The van der Waals surface area contributed by atoms with E-state index in [-0.39, 0.29) is 11.9 Å². The summed E-state index contributed by atoms with van der Waals surface area (Å²) in [6.45, 7) is 7.58. The summed E-state index contributed by atoms with van der Waals surface area (Å²) in [4.78, 5) is 0. The zero-order chi connectivity index (χ0) is 13.8. The van der Waals surface area contributed by atoms with Crippen molar-refractivity contribution in [3.8, 4) is 0 Å². The van der Waals surface area contributed by atoms with Crippen LogP contribution in [0.2, 0.25) is 0 Å². The zero-order valence-electron chi connectivity index (χ0n) is 11.7. The summed E-state index contributed by atoms with van der Waals surface area (Å²) in [5.41, 5.74) is 2.73. The molecule has 0 aliphatic heterocycles. The van der Waals surface area contributed by atoms with Crippen LogP contribution in [-0.4, -0.2) is 16.3 Å². The van der Waals surface area contributed by atoms with Gasteiger partial charge in [0, 0.05) is 18.3 Å². The van der Waals surface area contributed by atoms with Crippen LogP contribution in [0.15, 0.2) is 30.5 Å². The van der Waals surface area contributed by atoms with E-state index in [9.17, 15) is 4.39 Å². The van der Waals surface area contributed by atoms with Crippen LogP contribution in [0, 0.1) is 12.7 Å². The molecule has 0 amide bonds. The average Bonchev–Trinajstić information content (AvgIpc) is 2.87. The lowest BCUT2D eigenvalue weighted by Gasteiger charge is -2.20. The molecule has 2 rings (SSSR count). The van der Waals surface area contributed by atoms with Crippen LogP contribution >= 0.6 is 0 Å². The molecule has 102 valence electrons. The Morgan fingerprint density at radius 3 is 2.79 bits per heavy atom. The van der Waals surface area contributed by atoms with Gasteiger partial charge in [0.15, 0.2) is 0 Å². The van der Waals surface area contributed by atoms with Crippen LogP contribution in [-0.2, 0) is 6.54 Å². The fraction of sp³-hybridized carbons (Fsp3) is 0.400. The van der Waals surface area contributed by atoms with Crippen LogP contribution in [0.5, 0.6) is 0 Å². The highest BCUT2D eigenvalue weighted by Crippen LogP contribution is 2.25. The lowest BCUT2D eigenvalue weighted by Crippen LogP contribution is -2.25. The Morgan fingerprint density at radius 2 is 2.11 bits per heavy atom.